The van der Waals surface area contributed by atoms with Crippen molar-refractivity contribution < 1.29 is 19.0 Å². The molecule has 27 heavy (non-hydrogen) atoms. The standard InChI is InChI=1S/C20H21N3O4/c1-12(13-5-8-18(26-3)19(11-13)27-4)22-23-20(24)17-10-14-9-15(25-2)6-7-16(14)21-17/h5-11,21H,1-4H3,(H,23,24). The highest BCUT2D eigenvalue weighted by Crippen LogP contribution is 2.27. The molecule has 0 radical (unpaired) electrons. The third-order valence-electron chi connectivity index (χ3n) is 4.20. The van der Waals surface area contributed by atoms with Gasteiger partial charge in [-0.3, -0.25) is 4.79 Å². The van der Waals surface area contributed by atoms with Gasteiger partial charge in [0.15, 0.2) is 11.5 Å². The Morgan fingerprint density at radius 1 is 0.963 bits per heavy atom. The molecule has 7 heteroatoms. The van der Waals surface area contributed by atoms with E-state index in [-0.39, 0.29) is 5.91 Å². The first-order valence-electron chi connectivity index (χ1n) is 8.29. The van der Waals surface area contributed by atoms with Crippen LogP contribution in [0.3, 0.4) is 0 Å². The maximum absolute atomic E-state index is 12.4. The van der Waals surface area contributed by atoms with Gasteiger partial charge in [0.1, 0.15) is 11.4 Å². The maximum Gasteiger partial charge on any atom is 0.287 e. The Hall–Kier alpha value is -3.48. The van der Waals surface area contributed by atoms with E-state index in [4.69, 9.17) is 14.2 Å². The molecule has 2 aromatic carbocycles. The smallest absolute Gasteiger partial charge is 0.287 e. The van der Waals surface area contributed by atoms with E-state index in [1.54, 1.807) is 46.5 Å². The van der Waals surface area contributed by atoms with Crippen LogP contribution in [0.4, 0.5) is 0 Å². The summed E-state index contributed by atoms with van der Waals surface area (Å²) in [7, 11) is 4.75. The fourth-order valence-electron chi connectivity index (χ4n) is 2.68. The van der Waals surface area contributed by atoms with Crippen molar-refractivity contribution >= 4 is 22.5 Å². The summed E-state index contributed by atoms with van der Waals surface area (Å²) >= 11 is 0. The van der Waals surface area contributed by atoms with Crippen LogP contribution in [0, 0.1) is 0 Å². The number of fused-ring (bicyclic) bond motifs is 1. The summed E-state index contributed by atoms with van der Waals surface area (Å²) < 4.78 is 15.7. The van der Waals surface area contributed by atoms with Crippen LogP contribution in [0.15, 0.2) is 47.6 Å². The summed E-state index contributed by atoms with van der Waals surface area (Å²) in [5.41, 5.74) is 5.29. The SMILES string of the molecule is COc1ccc2[nH]c(C(=O)NN=C(C)c3ccc(OC)c(OC)c3)cc2c1. The number of carbonyl (C=O) groups is 1. The molecular weight excluding hydrogens is 346 g/mol. The van der Waals surface area contributed by atoms with Gasteiger partial charge in [0.05, 0.1) is 27.0 Å². The minimum absolute atomic E-state index is 0.329. The molecule has 3 rings (SSSR count). The van der Waals surface area contributed by atoms with Crippen molar-refractivity contribution in [1.82, 2.24) is 10.4 Å². The van der Waals surface area contributed by atoms with Gasteiger partial charge in [-0.1, -0.05) is 0 Å². The predicted octanol–water partition coefficient (Wildman–Crippen LogP) is 3.35. The Morgan fingerprint density at radius 3 is 2.44 bits per heavy atom. The number of rotatable bonds is 6. The summed E-state index contributed by atoms with van der Waals surface area (Å²) in [5, 5.41) is 5.07. The van der Waals surface area contributed by atoms with Gasteiger partial charge in [0, 0.05) is 16.5 Å². The van der Waals surface area contributed by atoms with Crippen LogP contribution in [0.1, 0.15) is 23.0 Å². The van der Waals surface area contributed by atoms with Crippen molar-refractivity contribution in [2.24, 2.45) is 5.10 Å². The third-order valence-corrected chi connectivity index (χ3v) is 4.20. The number of hydrazone groups is 1. The normalized spacial score (nSPS) is 11.3. The number of carbonyl (C=O) groups excluding carboxylic acids is 1. The summed E-state index contributed by atoms with van der Waals surface area (Å²) in [6, 6.07) is 12.8. The minimum atomic E-state index is -0.329. The zero-order chi connectivity index (χ0) is 19.4. The van der Waals surface area contributed by atoms with Gasteiger partial charge in [-0.2, -0.15) is 5.10 Å². The van der Waals surface area contributed by atoms with E-state index in [1.807, 2.05) is 24.3 Å². The molecule has 140 valence electrons. The van der Waals surface area contributed by atoms with E-state index < -0.39 is 0 Å². The number of methoxy groups -OCH3 is 3. The highest BCUT2D eigenvalue weighted by molar-refractivity contribution is 6.02. The van der Waals surface area contributed by atoms with Crippen LogP contribution >= 0.6 is 0 Å². The number of nitrogens with zero attached hydrogens (tertiary/aromatic N) is 1. The number of amides is 1. The van der Waals surface area contributed by atoms with E-state index in [0.717, 1.165) is 22.2 Å². The summed E-state index contributed by atoms with van der Waals surface area (Å²) in [6.07, 6.45) is 0. The molecule has 0 unspecified atom stereocenters. The van der Waals surface area contributed by atoms with Crippen molar-refractivity contribution in [3.8, 4) is 17.2 Å². The number of aromatic amines is 1. The molecule has 0 aliphatic heterocycles. The fourth-order valence-corrected chi connectivity index (χ4v) is 2.68. The molecule has 2 N–H and O–H groups in total. The number of hydrogen-bond donors (Lipinski definition) is 2. The Balaban J connectivity index is 1.77. The zero-order valence-electron chi connectivity index (χ0n) is 15.6. The predicted molar refractivity (Wildman–Crippen MR) is 104 cm³/mol. The van der Waals surface area contributed by atoms with Crippen LogP contribution in [0.2, 0.25) is 0 Å². The topological polar surface area (TPSA) is 84.9 Å². The molecule has 0 aliphatic rings. The van der Waals surface area contributed by atoms with Gasteiger partial charge < -0.3 is 19.2 Å². The number of ether oxygens (including phenoxy) is 3. The molecule has 7 nitrogen and oxygen atoms in total. The first-order chi connectivity index (χ1) is 13.0. The highest BCUT2D eigenvalue weighted by Gasteiger charge is 2.11. The highest BCUT2D eigenvalue weighted by atomic mass is 16.5. The molecule has 0 aliphatic carbocycles. The van der Waals surface area contributed by atoms with Gasteiger partial charge in [0.2, 0.25) is 0 Å². The maximum atomic E-state index is 12.4. The molecule has 3 aromatic rings. The quantitative estimate of drug-likeness (QED) is 0.517. The first-order valence-corrected chi connectivity index (χ1v) is 8.29. The van der Waals surface area contributed by atoms with Gasteiger partial charge in [0.25, 0.3) is 5.91 Å². The Bertz CT molecular complexity index is 1010. The van der Waals surface area contributed by atoms with Crippen LogP contribution in [0.25, 0.3) is 10.9 Å². The molecule has 0 saturated carbocycles. The Kier molecular flexibility index (Phi) is 5.30. The third kappa shape index (κ3) is 3.87. The number of nitrogens with one attached hydrogen (secondary N) is 2. The lowest BCUT2D eigenvalue weighted by Gasteiger charge is -2.09. The molecule has 0 spiro atoms. The monoisotopic (exact) mass is 367 g/mol. The number of hydrogen-bond acceptors (Lipinski definition) is 5. The molecule has 0 bridgehead atoms. The molecule has 1 amide bonds. The van der Waals surface area contributed by atoms with Gasteiger partial charge in [-0.25, -0.2) is 5.43 Å². The van der Waals surface area contributed by atoms with Crippen LogP contribution in [0.5, 0.6) is 17.2 Å². The molecular formula is C20H21N3O4. The molecule has 1 aromatic heterocycles. The second-order valence-corrected chi connectivity index (χ2v) is 5.84. The lowest BCUT2D eigenvalue weighted by molar-refractivity contribution is 0.0950. The van der Waals surface area contributed by atoms with E-state index in [0.29, 0.717) is 22.9 Å². The Labute approximate surface area is 156 Å². The van der Waals surface area contributed by atoms with E-state index in [9.17, 15) is 4.79 Å². The molecule has 1 heterocycles. The Morgan fingerprint density at radius 2 is 1.74 bits per heavy atom. The average Bonchev–Trinajstić information content (AvgIpc) is 3.14. The number of aromatic nitrogens is 1. The van der Waals surface area contributed by atoms with Gasteiger partial charge in [-0.15, -0.1) is 0 Å². The van der Waals surface area contributed by atoms with Crippen molar-refractivity contribution in [2.75, 3.05) is 21.3 Å². The van der Waals surface area contributed by atoms with Crippen LogP contribution < -0.4 is 19.6 Å². The lowest BCUT2D eigenvalue weighted by atomic mass is 10.1. The van der Waals surface area contributed by atoms with E-state index in [1.165, 1.54) is 0 Å². The summed E-state index contributed by atoms with van der Waals surface area (Å²) in [6.45, 7) is 1.80. The largest absolute Gasteiger partial charge is 0.497 e. The summed E-state index contributed by atoms with van der Waals surface area (Å²) in [4.78, 5) is 15.5. The van der Waals surface area contributed by atoms with Crippen molar-refractivity contribution in [3.05, 3.63) is 53.7 Å². The van der Waals surface area contributed by atoms with E-state index >= 15 is 0 Å². The fraction of sp³-hybridized carbons (Fsp3) is 0.200. The van der Waals surface area contributed by atoms with Gasteiger partial charge in [-0.05, 0) is 49.4 Å². The second kappa shape index (κ2) is 7.82. The van der Waals surface area contributed by atoms with Gasteiger partial charge >= 0.3 is 0 Å². The van der Waals surface area contributed by atoms with Crippen LogP contribution in [-0.4, -0.2) is 37.9 Å². The average molecular weight is 367 g/mol. The lowest BCUT2D eigenvalue weighted by Crippen LogP contribution is -2.19. The minimum Gasteiger partial charge on any atom is -0.497 e. The number of H-pyrrole nitrogens is 1. The zero-order valence-corrected chi connectivity index (χ0v) is 15.6. The number of benzene rings is 2. The van der Waals surface area contributed by atoms with Crippen molar-refractivity contribution in [1.29, 1.82) is 0 Å². The molecule has 0 atom stereocenters. The van der Waals surface area contributed by atoms with E-state index in [2.05, 4.69) is 15.5 Å². The first kappa shape index (κ1) is 18.3. The summed E-state index contributed by atoms with van der Waals surface area (Å²) in [5.74, 6) is 1.63. The second-order valence-electron chi connectivity index (χ2n) is 5.84. The molecule has 0 saturated heterocycles. The van der Waals surface area contributed by atoms with Crippen molar-refractivity contribution in [3.63, 3.8) is 0 Å². The van der Waals surface area contributed by atoms with Crippen molar-refractivity contribution in [2.45, 2.75) is 6.92 Å². The van der Waals surface area contributed by atoms with Crippen LogP contribution in [-0.2, 0) is 0 Å². The molecule has 0 fully saturated rings.